The molecule has 25 heavy (non-hydrogen) atoms. The van der Waals surface area contributed by atoms with Gasteiger partial charge in [-0.15, -0.1) is 0 Å². The number of anilines is 1. The van der Waals surface area contributed by atoms with Crippen LogP contribution in [0.5, 0.6) is 0 Å². The van der Waals surface area contributed by atoms with Crippen LogP contribution in [0.3, 0.4) is 0 Å². The molecule has 128 valence electrons. The van der Waals surface area contributed by atoms with Crippen LogP contribution in [0.25, 0.3) is 5.65 Å². The Labute approximate surface area is 151 Å². The number of rotatable bonds is 2. The minimum absolute atomic E-state index is 0.0278. The topological polar surface area (TPSA) is 40.9 Å². The van der Waals surface area contributed by atoms with Crippen LogP contribution < -0.4 is 4.90 Å². The summed E-state index contributed by atoms with van der Waals surface area (Å²) in [6.07, 6.45) is 1.81. The number of piperazine rings is 1. The average Bonchev–Trinajstić information content (AvgIpc) is 2.97. The molecule has 1 saturated heterocycles. The summed E-state index contributed by atoms with van der Waals surface area (Å²) in [5.74, 6) is 0.0278. The van der Waals surface area contributed by atoms with Gasteiger partial charge in [-0.05, 0) is 25.1 Å². The van der Waals surface area contributed by atoms with Crippen molar-refractivity contribution >= 4 is 28.8 Å². The standard InChI is InChI=1S/C19H19ClN4O/c1-14-18(24-8-7-15(20)13-17(24)21-14)19(25)23-11-9-22(10-12-23)16-5-3-2-4-6-16/h2-8,13H,9-12H2,1H3. The fourth-order valence-corrected chi connectivity index (χ4v) is 3.51. The summed E-state index contributed by atoms with van der Waals surface area (Å²) in [7, 11) is 0. The zero-order chi connectivity index (χ0) is 17.4. The van der Waals surface area contributed by atoms with Gasteiger partial charge in [0.1, 0.15) is 11.3 Å². The maximum Gasteiger partial charge on any atom is 0.272 e. The Morgan fingerprint density at radius 2 is 1.80 bits per heavy atom. The Morgan fingerprint density at radius 1 is 1.08 bits per heavy atom. The van der Waals surface area contributed by atoms with Crippen LogP contribution in [0.4, 0.5) is 5.69 Å². The number of hydrogen-bond donors (Lipinski definition) is 0. The lowest BCUT2D eigenvalue weighted by Gasteiger charge is -2.36. The van der Waals surface area contributed by atoms with E-state index >= 15 is 0 Å². The molecular formula is C19H19ClN4O. The number of carbonyl (C=O) groups is 1. The maximum absolute atomic E-state index is 13.0. The molecule has 4 rings (SSSR count). The van der Waals surface area contributed by atoms with Crippen molar-refractivity contribution in [3.05, 3.63) is 65.1 Å². The highest BCUT2D eigenvalue weighted by Gasteiger charge is 2.26. The third-order valence-corrected chi connectivity index (χ3v) is 4.89. The number of aryl methyl sites for hydroxylation is 1. The molecule has 1 aliphatic heterocycles. The summed E-state index contributed by atoms with van der Waals surface area (Å²) in [4.78, 5) is 21.7. The van der Waals surface area contributed by atoms with E-state index in [1.165, 1.54) is 5.69 Å². The van der Waals surface area contributed by atoms with E-state index in [4.69, 9.17) is 11.6 Å². The summed E-state index contributed by atoms with van der Waals surface area (Å²) >= 11 is 6.03. The number of hydrogen-bond acceptors (Lipinski definition) is 3. The summed E-state index contributed by atoms with van der Waals surface area (Å²) in [6, 6.07) is 13.9. The number of carbonyl (C=O) groups excluding carboxylic acids is 1. The molecule has 5 nitrogen and oxygen atoms in total. The van der Waals surface area contributed by atoms with Crippen LogP contribution in [0.2, 0.25) is 5.02 Å². The Balaban J connectivity index is 1.54. The molecule has 0 spiro atoms. The zero-order valence-corrected chi connectivity index (χ0v) is 14.8. The summed E-state index contributed by atoms with van der Waals surface area (Å²) < 4.78 is 1.83. The molecule has 0 N–H and O–H groups in total. The van der Waals surface area contributed by atoms with Gasteiger partial charge in [-0.2, -0.15) is 0 Å². The second-order valence-electron chi connectivity index (χ2n) is 6.23. The van der Waals surface area contributed by atoms with E-state index in [1.807, 2.05) is 40.6 Å². The number of amides is 1. The first-order valence-electron chi connectivity index (χ1n) is 8.37. The molecule has 2 aromatic heterocycles. The van der Waals surface area contributed by atoms with Crippen LogP contribution in [-0.2, 0) is 0 Å². The SMILES string of the molecule is Cc1nc2cc(Cl)ccn2c1C(=O)N1CCN(c2ccccc2)CC1. The van der Waals surface area contributed by atoms with Gasteiger partial charge in [-0.25, -0.2) is 4.98 Å². The van der Waals surface area contributed by atoms with Crippen molar-refractivity contribution in [2.24, 2.45) is 0 Å². The van der Waals surface area contributed by atoms with Crippen LogP contribution in [-0.4, -0.2) is 46.4 Å². The van der Waals surface area contributed by atoms with Gasteiger partial charge in [0.25, 0.3) is 5.91 Å². The molecule has 0 radical (unpaired) electrons. The Morgan fingerprint density at radius 3 is 2.52 bits per heavy atom. The van der Waals surface area contributed by atoms with Gasteiger partial charge in [0.05, 0.1) is 5.69 Å². The number of aromatic nitrogens is 2. The summed E-state index contributed by atoms with van der Waals surface area (Å²) in [5.41, 5.74) is 3.27. The molecule has 3 aromatic rings. The van der Waals surface area contributed by atoms with Gasteiger partial charge < -0.3 is 9.80 Å². The fourth-order valence-electron chi connectivity index (χ4n) is 3.35. The quantitative estimate of drug-likeness (QED) is 0.709. The van der Waals surface area contributed by atoms with E-state index in [0.29, 0.717) is 29.5 Å². The van der Waals surface area contributed by atoms with E-state index in [1.54, 1.807) is 12.1 Å². The molecule has 0 saturated carbocycles. The van der Waals surface area contributed by atoms with Crippen molar-refractivity contribution in [2.45, 2.75) is 6.92 Å². The van der Waals surface area contributed by atoms with E-state index in [-0.39, 0.29) is 5.91 Å². The fraction of sp³-hybridized carbons (Fsp3) is 0.263. The molecule has 1 amide bonds. The molecule has 1 aromatic carbocycles. The molecule has 6 heteroatoms. The zero-order valence-electron chi connectivity index (χ0n) is 14.0. The van der Waals surface area contributed by atoms with Crippen molar-refractivity contribution in [1.82, 2.24) is 14.3 Å². The largest absolute Gasteiger partial charge is 0.368 e. The highest BCUT2D eigenvalue weighted by molar-refractivity contribution is 6.30. The highest BCUT2D eigenvalue weighted by atomic mass is 35.5. The lowest BCUT2D eigenvalue weighted by molar-refractivity contribution is 0.0739. The number of pyridine rings is 1. The molecular weight excluding hydrogens is 336 g/mol. The monoisotopic (exact) mass is 354 g/mol. The van der Waals surface area contributed by atoms with Gasteiger partial charge in [-0.3, -0.25) is 9.20 Å². The first-order chi connectivity index (χ1) is 12.1. The van der Waals surface area contributed by atoms with Crippen molar-refractivity contribution in [1.29, 1.82) is 0 Å². The maximum atomic E-state index is 13.0. The van der Waals surface area contributed by atoms with E-state index in [9.17, 15) is 4.79 Å². The van der Waals surface area contributed by atoms with Gasteiger partial charge in [-0.1, -0.05) is 29.8 Å². The predicted octanol–water partition coefficient (Wildman–Crippen LogP) is 3.26. The highest BCUT2D eigenvalue weighted by Crippen LogP contribution is 2.20. The van der Waals surface area contributed by atoms with Crippen molar-refractivity contribution < 1.29 is 4.79 Å². The molecule has 1 fully saturated rings. The molecule has 3 heterocycles. The van der Waals surface area contributed by atoms with Gasteiger partial charge in [0.2, 0.25) is 0 Å². The van der Waals surface area contributed by atoms with E-state index < -0.39 is 0 Å². The summed E-state index contributed by atoms with van der Waals surface area (Å²) in [5, 5.41) is 0.618. The second kappa shape index (κ2) is 6.41. The average molecular weight is 355 g/mol. The normalized spacial score (nSPS) is 15.0. The predicted molar refractivity (Wildman–Crippen MR) is 99.5 cm³/mol. The molecule has 1 aliphatic rings. The molecule has 0 unspecified atom stereocenters. The van der Waals surface area contributed by atoms with Gasteiger partial charge in [0, 0.05) is 49.2 Å². The molecule has 0 aliphatic carbocycles. The Hall–Kier alpha value is -2.53. The smallest absolute Gasteiger partial charge is 0.272 e. The van der Waals surface area contributed by atoms with Gasteiger partial charge in [0.15, 0.2) is 0 Å². The number of fused-ring (bicyclic) bond motifs is 1. The first kappa shape index (κ1) is 16.0. The number of para-hydroxylation sites is 1. The molecule has 0 atom stereocenters. The Bertz CT molecular complexity index is 914. The van der Waals surface area contributed by atoms with Crippen LogP contribution in [0, 0.1) is 6.92 Å². The number of imidazole rings is 1. The minimum Gasteiger partial charge on any atom is -0.368 e. The number of nitrogens with zero attached hydrogens (tertiary/aromatic N) is 4. The first-order valence-corrected chi connectivity index (χ1v) is 8.75. The summed E-state index contributed by atoms with van der Waals surface area (Å²) in [6.45, 7) is 4.94. The number of benzene rings is 1. The number of halogens is 1. The Kier molecular flexibility index (Phi) is 4.09. The molecule has 0 bridgehead atoms. The minimum atomic E-state index is 0.0278. The third-order valence-electron chi connectivity index (χ3n) is 4.65. The van der Waals surface area contributed by atoms with Crippen molar-refractivity contribution in [2.75, 3.05) is 31.1 Å². The van der Waals surface area contributed by atoms with Crippen molar-refractivity contribution in [3.63, 3.8) is 0 Å². The third kappa shape index (κ3) is 2.96. The lowest BCUT2D eigenvalue weighted by Crippen LogP contribution is -2.49. The van der Waals surface area contributed by atoms with Crippen LogP contribution in [0.1, 0.15) is 16.2 Å². The van der Waals surface area contributed by atoms with E-state index in [2.05, 4.69) is 22.0 Å². The lowest BCUT2D eigenvalue weighted by atomic mass is 10.2. The van der Waals surface area contributed by atoms with Crippen LogP contribution in [0.15, 0.2) is 48.7 Å². The second-order valence-corrected chi connectivity index (χ2v) is 6.67. The van der Waals surface area contributed by atoms with Crippen molar-refractivity contribution in [3.8, 4) is 0 Å². The van der Waals surface area contributed by atoms with Gasteiger partial charge >= 0.3 is 0 Å². The van der Waals surface area contributed by atoms with E-state index in [0.717, 1.165) is 18.8 Å². The van der Waals surface area contributed by atoms with Crippen LogP contribution >= 0.6 is 11.6 Å².